The first kappa shape index (κ1) is 18.8. The molecule has 2 heterocycles. The van der Waals surface area contributed by atoms with Crippen molar-refractivity contribution in [2.24, 2.45) is 0 Å². The van der Waals surface area contributed by atoms with Gasteiger partial charge in [-0.05, 0) is 42.2 Å². The highest BCUT2D eigenvalue weighted by Gasteiger charge is 2.36. The molecular weight excluding hydrogens is 376 g/mol. The summed E-state index contributed by atoms with van der Waals surface area (Å²) in [6.07, 6.45) is 2.39. The predicted octanol–water partition coefficient (Wildman–Crippen LogP) is 3.39. The number of rotatable bonds is 4. The van der Waals surface area contributed by atoms with Gasteiger partial charge in [0, 0.05) is 19.0 Å². The SMILES string of the molecule is N#Cc1ccccc1CS(=O)(=O)N1CCC[C@H]1c1ccc2c(c1)OCCCO2. The second-order valence-corrected chi connectivity index (χ2v) is 8.97. The van der Waals surface area contributed by atoms with Crippen LogP contribution < -0.4 is 9.47 Å². The molecule has 6 nitrogen and oxygen atoms in total. The Morgan fingerprint density at radius 3 is 2.68 bits per heavy atom. The Bertz CT molecular complexity index is 1010. The monoisotopic (exact) mass is 398 g/mol. The third-order valence-corrected chi connectivity index (χ3v) is 7.02. The summed E-state index contributed by atoms with van der Waals surface area (Å²) in [5, 5.41) is 9.26. The van der Waals surface area contributed by atoms with Gasteiger partial charge in [0.05, 0.1) is 30.6 Å². The molecule has 0 amide bonds. The van der Waals surface area contributed by atoms with Crippen LogP contribution >= 0.6 is 0 Å². The van der Waals surface area contributed by atoms with E-state index in [1.807, 2.05) is 18.2 Å². The number of nitrogens with zero attached hydrogens (tertiary/aromatic N) is 2. The molecule has 0 radical (unpaired) electrons. The molecule has 1 saturated heterocycles. The molecule has 4 rings (SSSR count). The molecule has 2 aliphatic heterocycles. The van der Waals surface area contributed by atoms with Crippen LogP contribution in [-0.2, 0) is 15.8 Å². The van der Waals surface area contributed by atoms with Crippen molar-refractivity contribution in [3.8, 4) is 17.6 Å². The van der Waals surface area contributed by atoms with Gasteiger partial charge in [-0.15, -0.1) is 0 Å². The van der Waals surface area contributed by atoms with E-state index in [1.165, 1.54) is 0 Å². The molecule has 146 valence electrons. The van der Waals surface area contributed by atoms with Crippen LogP contribution in [0.2, 0.25) is 0 Å². The minimum atomic E-state index is -3.56. The highest BCUT2D eigenvalue weighted by molar-refractivity contribution is 7.88. The van der Waals surface area contributed by atoms with E-state index in [0.29, 0.717) is 42.4 Å². The van der Waals surface area contributed by atoms with Crippen molar-refractivity contribution in [3.63, 3.8) is 0 Å². The van der Waals surface area contributed by atoms with Crippen LogP contribution in [0.15, 0.2) is 42.5 Å². The van der Waals surface area contributed by atoms with Gasteiger partial charge in [-0.2, -0.15) is 9.57 Å². The van der Waals surface area contributed by atoms with Gasteiger partial charge in [-0.25, -0.2) is 8.42 Å². The Balaban J connectivity index is 1.61. The molecule has 0 spiro atoms. The van der Waals surface area contributed by atoms with E-state index in [2.05, 4.69) is 6.07 Å². The van der Waals surface area contributed by atoms with Gasteiger partial charge in [0.15, 0.2) is 11.5 Å². The van der Waals surface area contributed by atoms with E-state index >= 15 is 0 Å². The third-order valence-electron chi connectivity index (χ3n) is 5.19. The van der Waals surface area contributed by atoms with Crippen LogP contribution in [0.25, 0.3) is 0 Å². The number of benzene rings is 2. The number of sulfonamides is 1. The topological polar surface area (TPSA) is 79.6 Å². The predicted molar refractivity (Wildman–Crippen MR) is 105 cm³/mol. The average Bonchev–Trinajstić information content (AvgIpc) is 3.08. The van der Waals surface area contributed by atoms with Crippen molar-refractivity contribution >= 4 is 10.0 Å². The number of ether oxygens (including phenoxy) is 2. The van der Waals surface area contributed by atoms with Crippen LogP contribution in [0.5, 0.6) is 11.5 Å². The van der Waals surface area contributed by atoms with Crippen molar-refractivity contribution in [2.45, 2.75) is 31.1 Å². The van der Waals surface area contributed by atoms with Gasteiger partial charge < -0.3 is 9.47 Å². The van der Waals surface area contributed by atoms with E-state index < -0.39 is 10.0 Å². The van der Waals surface area contributed by atoms with Crippen LogP contribution in [0.1, 0.15) is 42.0 Å². The fraction of sp³-hybridized carbons (Fsp3) is 0.381. The highest BCUT2D eigenvalue weighted by Crippen LogP contribution is 2.39. The largest absolute Gasteiger partial charge is 0.490 e. The highest BCUT2D eigenvalue weighted by atomic mass is 32.2. The maximum absolute atomic E-state index is 13.2. The van der Waals surface area contributed by atoms with Crippen LogP contribution in [0, 0.1) is 11.3 Å². The van der Waals surface area contributed by atoms with Gasteiger partial charge >= 0.3 is 0 Å². The lowest BCUT2D eigenvalue weighted by Crippen LogP contribution is -2.32. The molecule has 0 saturated carbocycles. The zero-order valence-electron chi connectivity index (χ0n) is 15.5. The van der Waals surface area contributed by atoms with Crippen molar-refractivity contribution in [3.05, 3.63) is 59.2 Å². The smallest absolute Gasteiger partial charge is 0.218 e. The lowest BCUT2D eigenvalue weighted by Gasteiger charge is -2.25. The quantitative estimate of drug-likeness (QED) is 0.789. The molecule has 2 aliphatic rings. The number of hydrogen-bond acceptors (Lipinski definition) is 5. The average molecular weight is 398 g/mol. The maximum Gasteiger partial charge on any atom is 0.218 e. The zero-order valence-corrected chi connectivity index (χ0v) is 16.3. The van der Waals surface area contributed by atoms with E-state index in [0.717, 1.165) is 24.8 Å². The van der Waals surface area contributed by atoms with E-state index in [4.69, 9.17) is 9.47 Å². The molecule has 2 aromatic carbocycles. The minimum absolute atomic E-state index is 0.169. The number of nitriles is 1. The Kier molecular flexibility index (Phi) is 5.25. The minimum Gasteiger partial charge on any atom is -0.490 e. The normalized spacial score (nSPS) is 19.8. The fourth-order valence-corrected chi connectivity index (χ4v) is 5.66. The van der Waals surface area contributed by atoms with Crippen molar-refractivity contribution < 1.29 is 17.9 Å². The van der Waals surface area contributed by atoms with Crippen LogP contribution in [0.3, 0.4) is 0 Å². The first-order valence-electron chi connectivity index (χ1n) is 9.45. The van der Waals surface area contributed by atoms with Crippen molar-refractivity contribution in [1.82, 2.24) is 4.31 Å². The zero-order chi connectivity index (χ0) is 19.6. The number of fused-ring (bicyclic) bond motifs is 1. The molecule has 7 heteroatoms. The molecular formula is C21H22N2O4S. The maximum atomic E-state index is 13.2. The lowest BCUT2D eigenvalue weighted by atomic mass is 10.0. The molecule has 2 aromatic rings. The van der Waals surface area contributed by atoms with Crippen molar-refractivity contribution in [1.29, 1.82) is 5.26 Å². The Hall–Kier alpha value is -2.56. The summed E-state index contributed by atoms with van der Waals surface area (Å²) in [6.45, 7) is 1.69. The summed E-state index contributed by atoms with van der Waals surface area (Å²) < 4.78 is 39.3. The second kappa shape index (κ2) is 7.82. The van der Waals surface area contributed by atoms with Gasteiger partial charge in [0.1, 0.15) is 0 Å². The summed E-state index contributed by atoms with van der Waals surface area (Å²) in [4.78, 5) is 0. The Morgan fingerprint density at radius 1 is 1.07 bits per heavy atom. The summed E-state index contributed by atoms with van der Waals surface area (Å²) in [6, 6.07) is 14.4. The molecule has 0 aromatic heterocycles. The molecule has 1 fully saturated rings. The van der Waals surface area contributed by atoms with Crippen LogP contribution in [0.4, 0.5) is 0 Å². The summed E-state index contributed by atoms with van der Waals surface area (Å²) in [7, 11) is -3.56. The molecule has 0 bridgehead atoms. The fourth-order valence-electron chi connectivity index (χ4n) is 3.83. The lowest BCUT2D eigenvalue weighted by molar-refractivity contribution is 0.296. The number of hydrogen-bond donors (Lipinski definition) is 0. The van der Waals surface area contributed by atoms with E-state index in [9.17, 15) is 13.7 Å². The van der Waals surface area contributed by atoms with E-state index in [1.54, 1.807) is 28.6 Å². The standard InChI is InChI=1S/C21H22N2O4S/c22-14-17-5-1-2-6-18(17)15-28(24,25)23-10-3-7-19(23)16-8-9-20-21(13-16)27-12-4-11-26-20/h1-2,5-6,8-9,13,19H,3-4,7,10-12,15H2/t19-/m0/s1. The molecule has 1 atom stereocenters. The first-order valence-corrected chi connectivity index (χ1v) is 11.1. The Labute approximate surface area is 165 Å². The molecule has 0 unspecified atom stereocenters. The van der Waals surface area contributed by atoms with Crippen LogP contribution in [-0.4, -0.2) is 32.5 Å². The second-order valence-electron chi connectivity index (χ2n) is 7.05. The van der Waals surface area contributed by atoms with E-state index in [-0.39, 0.29) is 11.8 Å². The van der Waals surface area contributed by atoms with Gasteiger partial charge in [-0.1, -0.05) is 24.3 Å². The molecule has 0 aliphatic carbocycles. The van der Waals surface area contributed by atoms with Crippen molar-refractivity contribution in [2.75, 3.05) is 19.8 Å². The third kappa shape index (κ3) is 3.71. The Morgan fingerprint density at radius 2 is 1.86 bits per heavy atom. The van der Waals surface area contributed by atoms with Gasteiger partial charge in [-0.3, -0.25) is 0 Å². The van der Waals surface area contributed by atoms with Gasteiger partial charge in [0.25, 0.3) is 0 Å². The summed E-state index contributed by atoms with van der Waals surface area (Å²) in [5.74, 6) is 1.21. The summed E-state index contributed by atoms with van der Waals surface area (Å²) >= 11 is 0. The first-order chi connectivity index (χ1) is 13.6. The summed E-state index contributed by atoms with van der Waals surface area (Å²) in [5.41, 5.74) is 1.85. The molecule has 0 N–H and O–H groups in total. The van der Waals surface area contributed by atoms with Gasteiger partial charge in [0.2, 0.25) is 10.0 Å². The molecule has 28 heavy (non-hydrogen) atoms.